The van der Waals surface area contributed by atoms with Crippen molar-refractivity contribution in [2.24, 2.45) is 11.8 Å². The van der Waals surface area contributed by atoms with Crippen LogP contribution in [0.4, 0.5) is 4.79 Å². The number of likely N-dealkylation sites (tertiary alicyclic amines) is 1. The van der Waals surface area contributed by atoms with Crippen molar-refractivity contribution in [2.75, 3.05) is 40.9 Å². The van der Waals surface area contributed by atoms with Crippen LogP contribution in [0.15, 0.2) is 48.6 Å². The summed E-state index contributed by atoms with van der Waals surface area (Å²) in [5, 5.41) is 0. The molecular formula is C51H90N2O5. The lowest BCUT2D eigenvalue weighted by Crippen LogP contribution is -2.42. The van der Waals surface area contributed by atoms with Crippen molar-refractivity contribution in [3.63, 3.8) is 0 Å². The number of ketones is 1. The van der Waals surface area contributed by atoms with E-state index in [-0.39, 0.29) is 11.7 Å². The Morgan fingerprint density at radius 3 is 1.53 bits per heavy atom. The smallest absolute Gasteiger partial charge is 0.410 e. The van der Waals surface area contributed by atoms with Gasteiger partial charge in [-0.2, -0.15) is 0 Å². The summed E-state index contributed by atoms with van der Waals surface area (Å²) in [6, 6.07) is -0.692. The van der Waals surface area contributed by atoms with Gasteiger partial charge < -0.3 is 14.4 Å². The fourth-order valence-electron chi connectivity index (χ4n) is 7.83. The molecular weight excluding hydrogens is 721 g/mol. The number of Topliss-reactive ketones (excluding diaryl/α,β-unsaturated/α-hetero) is 1. The van der Waals surface area contributed by atoms with E-state index in [1.165, 1.54) is 140 Å². The van der Waals surface area contributed by atoms with Crippen LogP contribution in [0, 0.1) is 11.8 Å². The van der Waals surface area contributed by atoms with E-state index < -0.39 is 18.1 Å². The normalized spacial score (nSPS) is 16.1. The number of unbranched alkanes of at least 4 members (excludes halogenated alkanes) is 18. The SMILES string of the molecule is CCCCC/C=C\C/C=C\CCCCCCCCC(CCCCCCCC/C=C\C/C=C\CCCCC)COC(=O)N1C[C@@H](CC(=O)CCN(C)C)C[C@H]1C(=O)OC. The van der Waals surface area contributed by atoms with Gasteiger partial charge in [0.1, 0.15) is 11.8 Å². The number of rotatable bonds is 38. The van der Waals surface area contributed by atoms with Crippen LogP contribution in [-0.4, -0.2) is 74.6 Å². The molecule has 1 rings (SSSR count). The summed E-state index contributed by atoms with van der Waals surface area (Å²) in [6.07, 6.45) is 51.1. The van der Waals surface area contributed by atoms with Crippen molar-refractivity contribution in [2.45, 2.75) is 206 Å². The molecule has 7 nitrogen and oxygen atoms in total. The van der Waals surface area contributed by atoms with Gasteiger partial charge in [-0.3, -0.25) is 9.69 Å². The monoisotopic (exact) mass is 811 g/mol. The zero-order valence-corrected chi connectivity index (χ0v) is 38.4. The fourth-order valence-corrected chi connectivity index (χ4v) is 7.83. The topological polar surface area (TPSA) is 76.2 Å². The Morgan fingerprint density at radius 1 is 0.638 bits per heavy atom. The Bertz CT molecular complexity index is 1080. The summed E-state index contributed by atoms with van der Waals surface area (Å²) < 4.78 is 11.0. The first-order valence-corrected chi connectivity index (χ1v) is 24.1. The van der Waals surface area contributed by atoms with Gasteiger partial charge in [0.05, 0.1) is 13.7 Å². The molecule has 1 fully saturated rings. The van der Waals surface area contributed by atoms with E-state index in [2.05, 4.69) is 62.5 Å². The molecule has 0 bridgehead atoms. The van der Waals surface area contributed by atoms with Gasteiger partial charge in [-0.25, -0.2) is 9.59 Å². The molecule has 0 radical (unpaired) electrons. The lowest BCUT2D eigenvalue weighted by molar-refractivity contribution is -0.145. The van der Waals surface area contributed by atoms with Gasteiger partial charge in [-0.05, 0) is 109 Å². The van der Waals surface area contributed by atoms with Gasteiger partial charge in [0.2, 0.25) is 0 Å². The molecule has 1 heterocycles. The largest absolute Gasteiger partial charge is 0.467 e. The number of hydrogen-bond donors (Lipinski definition) is 0. The molecule has 1 aliphatic rings. The molecule has 0 aromatic heterocycles. The third kappa shape index (κ3) is 30.4. The second-order valence-corrected chi connectivity index (χ2v) is 17.3. The van der Waals surface area contributed by atoms with E-state index in [9.17, 15) is 14.4 Å². The van der Waals surface area contributed by atoms with Crippen LogP contribution in [0.1, 0.15) is 200 Å². The molecule has 0 aromatic carbocycles. The van der Waals surface area contributed by atoms with E-state index in [1.807, 2.05) is 19.0 Å². The van der Waals surface area contributed by atoms with Crippen molar-refractivity contribution in [3.8, 4) is 0 Å². The molecule has 2 atom stereocenters. The molecule has 1 amide bonds. The van der Waals surface area contributed by atoms with E-state index in [0.717, 1.165) is 38.5 Å². The number of carbonyl (C=O) groups excluding carboxylic acids is 3. The van der Waals surface area contributed by atoms with Gasteiger partial charge in [-0.15, -0.1) is 0 Å². The number of carbonyl (C=O) groups is 3. The number of allylic oxidation sites excluding steroid dienone is 8. The Hall–Kier alpha value is -2.67. The average molecular weight is 811 g/mol. The number of esters is 1. The lowest BCUT2D eigenvalue weighted by Gasteiger charge is -2.24. The molecule has 0 unspecified atom stereocenters. The second-order valence-electron chi connectivity index (χ2n) is 17.3. The third-order valence-corrected chi connectivity index (χ3v) is 11.5. The van der Waals surface area contributed by atoms with Crippen LogP contribution in [0.5, 0.6) is 0 Å². The maximum absolute atomic E-state index is 13.5. The summed E-state index contributed by atoms with van der Waals surface area (Å²) in [5.41, 5.74) is 0. The van der Waals surface area contributed by atoms with E-state index in [1.54, 1.807) is 0 Å². The number of ether oxygens (including phenoxy) is 2. The summed E-state index contributed by atoms with van der Waals surface area (Å²) in [5.74, 6) is 0.000460. The van der Waals surface area contributed by atoms with Crippen LogP contribution in [-0.2, 0) is 19.1 Å². The minimum Gasteiger partial charge on any atom is -0.467 e. The van der Waals surface area contributed by atoms with Gasteiger partial charge >= 0.3 is 12.1 Å². The van der Waals surface area contributed by atoms with Gasteiger partial charge in [0, 0.05) is 25.9 Å². The molecule has 0 N–H and O–H groups in total. The van der Waals surface area contributed by atoms with Crippen molar-refractivity contribution >= 4 is 17.8 Å². The predicted octanol–water partition coefficient (Wildman–Crippen LogP) is 13.9. The standard InChI is InChI=1S/C51H90N2O5/c1-6-8-10-12-14-16-18-20-22-24-26-28-30-32-34-36-38-46(39-37-35-33-31-29-27-25-23-21-19-17-15-13-11-9-7-2)45-58-51(56)53-44-47(43-49(53)50(55)57-5)42-48(54)40-41-52(3)4/h14-17,20-23,46-47,49H,6-13,18-19,24-45H2,1-5H3/b16-14-,17-15-,22-20-,23-21-/t47-,49-/m0/s1. The summed E-state index contributed by atoms with van der Waals surface area (Å²) >= 11 is 0. The van der Waals surface area contributed by atoms with Gasteiger partial charge in [0.25, 0.3) is 0 Å². The Balaban J connectivity index is 2.50. The minimum atomic E-state index is -0.692. The van der Waals surface area contributed by atoms with Crippen molar-refractivity contribution in [3.05, 3.63) is 48.6 Å². The molecule has 58 heavy (non-hydrogen) atoms. The first kappa shape index (κ1) is 53.3. The minimum absolute atomic E-state index is 0.0568. The highest BCUT2D eigenvalue weighted by atomic mass is 16.6. The Morgan fingerprint density at radius 2 is 1.09 bits per heavy atom. The van der Waals surface area contributed by atoms with Crippen LogP contribution >= 0.6 is 0 Å². The van der Waals surface area contributed by atoms with Crippen LogP contribution in [0.2, 0.25) is 0 Å². The molecule has 1 saturated heterocycles. The maximum Gasteiger partial charge on any atom is 0.410 e. The molecule has 0 aromatic rings. The molecule has 334 valence electrons. The maximum atomic E-state index is 13.5. The molecule has 1 aliphatic heterocycles. The molecule has 0 saturated carbocycles. The van der Waals surface area contributed by atoms with Gasteiger partial charge in [0.15, 0.2) is 0 Å². The first-order chi connectivity index (χ1) is 28.3. The third-order valence-electron chi connectivity index (χ3n) is 11.5. The average Bonchev–Trinajstić information content (AvgIpc) is 3.64. The molecule has 0 aliphatic carbocycles. The highest BCUT2D eigenvalue weighted by Gasteiger charge is 2.41. The van der Waals surface area contributed by atoms with Crippen molar-refractivity contribution in [1.82, 2.24) is 9.80 Å². The predicted molar refractivity (Wildman–Crippen MR) is 246 cm³/mol. The number of amides is 1. The van der Waals surface area contributed by atoms with Crippen LogP contribution in [0.25, 0.3) is 0 Å². The second kappa shape index (κ2) is 38.5. The summed E-state index contributed by atoms with van der Waals surface area (Å²) in [7, 11) is 5.27. The highest BCUT2D eigenvalue weighted by Crippen LogP contribution is 2.29. The fraction of sp³-hybridized carbons (Fsp3) is 0.784. The zero-order valence-electron chi connectivity index (χ0n) is 38.4. The quantitative estimate of drug-likeness (QED) is 0.0351. The van der Waals surface area contributed by atoms with E-state index in [4.69, 9.17) is 9.47 Å². The van der Waals surface area contributed by atoms with E-state index in [0.29, 0.717) is 44.9 Å². The van der Waals surface area contributed by atoms with Crippen molar-refractivity contribution in [1.29, 1.82) is 0 Å². The molecule has 7 heteroatoms. The van der Waals surface area contributed by atoms with Gasteiger partial charge in [-0.1, -0.05) is 152 Å². The number of hydrogen-bond acceptors (Lipinski definition) is 6. The highest BCUT2D eigenvalue weighted by molar-refractivity contribution is 5.83. The summed E-state index contributed by atoms with van der Waals surface area (Å²) in [4.78, 5) is 42.3. The Labute approximate surface area is 357 Å². The van der Waals surface area contributed by atoms with Crippen LogP contribution in [0.3, 0.4) is 0 Å². The van der Waals surface area contributed by atoms with E-state index >= 15 is 0 Å². The Kier molecular flexibility index (Phi) is 35.4. The lowest BCUT2D eigenvalue weighted by atomic mass is 9.94. The van der Waals surface area contributed by atoms with Crippen LogP contribution < -0.4 is 0 Å². The molecule has 0 spiro atoms. The first-order valence-electron chi connectivity index (χ1n) is 24.1. The van der Waals surface area contributed by atoms with Crippen molar-refractivity contribution < 1.29 is 23.9 Å². The number of methoxy groups -OCH3 is 1. The number of nitrogens with zero attached hydrogens (tertiary/aromatic N) is 2. The summed E-state index contributed by atoms with van der Waals surface area (Å²) in [6.45, 7) is 5.94. The zero-order chi connectivity index (χ0) is 42.3.